The van der Waals surface area contributed by atoms with Gasteiger partial charge in [0.2, 0.25) is 10.0 Å². The molecule has 1 aliphatic rings. The van der Waals surface area contributed by atoms with Gasteiger partial charge in [-0.3, -0.25) is 18.6 Å². The minimum Gasteiger partial charge on any atom is -0.288 e. The first kappa shape index (κ1) is 24.5. The van der Waals surface area contributed by atoms with Crippen molar-refractivity contribution in [2.75, 3.05) is 0 Å². The van der Waals surface area contributed by atoms with Crippen molar-refractivity contribution in [2.24, 2.45) is 7.05 Å². The van der Waals surface area contributed by atoms with E-state index in [-0.39, 0.29) is 24.0 Å². The second kappa shape index (κ2) is 8.46. The standard InChI is InChI=1S/C23H25FN6O4S2/c1-13-19(35-14(2)26-13)12-29-18-8-17(24)20(36(33,34)27-23(3)5-6-23)7-16(18)21(31)30(22(29)32)11-15-9-25-28(4)10-15/h7-10,27H,5-6,11-12H2,1-4H3. The van der Waals surface area contributed by atoms with Crippen LogP contribution in [0.25, 0.3) is 10.9 Å². The number of nitrogens with one attached hydrogen (secondary N) is 1. The molecule has 0 aliphatic heterocycles. The number of hydrogen-bond donors (Lipinski definition) is 1. The van der Waals surface area contributed by atoms with Gasteiger partial charge in [0.1, 0.15) is 10.7 Å². The van der Waals surface area contributed by atoms with Crippen LogP contribution in [0.5, 0.6) is 0 Å². The molecule has 5 rings (SSSR count). The molecule has 1 aliphatic carbocycles. The molecule has 3 aromatic heterocycles. The van der Waals surface area contributed by atoms with Crippen LogP contribution in [0.1, 0.15) is 40.9 Å². The molecule has 0 saturated heterocycles. The van der Waals surface area contributed by atoms with Gasteiger partial charge in [0, 0.05) is 29.2 Å². The van der Waals surface area contributed by atoms with Gasteiger partial charge in [-0.05, 0) is 45.7 Å². The Labute approximate surface area is 210 Å². The number of fused-ring (bicyclic) bond motifs is 1. The van der Waals surface area contributed by atoms with Crippen molar-refractivity contribution in [3.05, 3.63) is 72.3 Å². The Morgan fingerprint density at radius 3 is 2.47 bits per heavy atom. The molecule has 0 atom stereocenters. The quantitative estimate of drug-likeness (QED) is 0.389. The number of aryl methyl sites for hydroxylation is 3. The molecule has 36 heavy (non-hydrogen) atoms. The lowest BCUT2D eigenvalue weighted by atomic mass is 10.2. The van der Waals surface area contributed by atoms with Crippen LogP contribution in [0.3, 0.4) is 0 Å². The van der Waals surface area contributed by atoms with E-state index in [0.29, 0.717) is 18.4 Å². The first-order chi connectivity index (χ1) is 16.9. The molecule has 10 nitrogen and oxygen atoms in total. The predicted octanol–water partition coefficient (Wildman–Crippen LogP) is 2.04. The Morgan fingerprint density at radius 1 is 1.17 bits per heavy atom. The first-order valence-corrected chi connectivity index (χ1v) is 13.6. The number of thiazole rings is 1. The van der Waals surface area contributed by atoms with E-state index < -0.39 is 37.5 Å². The van der Waals surface area contributed by atoms with Gasteiger partial charge in [-0.1, -0.05) is 0 Å². The van der Waals surface area contributed by atoms with Crippen LogP contribution in [-0.2, 0) is 30.2 Å². The number of rotatable bonds is 7. The minimum absolute atomic E-state index is 0.0203. The molecule has 1 N–H and O–H groups in total. The van der Waals surface area contributed by atoms with Crippen LogP contribution >= 0.6 is 11.3 Å². The predicted molar refractivity (Wildman–Crippen MR) is 133 cm³/mol. The number of aromatic nitrogens is 5. The van der Waals surface area contributed by atoms with Crippen LogP contribution < -0.4 is 16.0 Å². The van der Waals surface area contributed by atoms with Crippen LogP contribution in [0, 0.1) is 19.7 Å². The van der Waals surface area contributed by atoms with E-state index in [1.807, 2.05) is 13.8 Å². The van der Waals surface area contributed by atoms with Crippen molar-refractivity contribution in [2.45, 2.75) is 57.1 Å². The normalized spacial score (nSPS) is 15.0. The Kier molecular flexibility index (Phi) is 5.76. The third-order valence-electron chi connectivity index (χ3n) is 6.35. The Morgan fingerprint density at radius 2 is 1.89 bits per heavy atom. The van der Waals surface area contributed by atoms with E-state index in [1.54, 1.807) is 24.9 Å². The highest BCUT2D eigenvalue weighted by molar-refractivity contribution is 7.89. The second-order valence-corrected chi connectivity index (χ2v) is 12.4. The first-order valence-electron chi connectivity index (χ1n) is 11.3. The van der Waals surface area contributed by atoms with Crippen molar-refractivity contribution < 1.29 is 12.8 Å². The summed E-state index contributed by atoms with van der Waals surface area (Å²) < 4.78 is 47.6. The van der Waals surface area contributed by atoms with Gasteiger partial charge in [-0.2, -0.15) is 5.10 Å². The molecule has 190 valence electrons. The zero-order chi connectivity index (χ0) is 26.0. The smallest absolute Gasteiger partial charge is 0.288 e. The fourth-order valence-electron chi connectivity index (χ4n) is 4.19. The van der Waals surface area contributed by atoms with Crippen molar-refractivity contribution >= 4 is 32.3 Å². The van der Waals surface area contributed by atoms with Crippen LogP contribution in [0.15, 0.2) is 39.0 Å². The lowest BCUT2D eigenvalue weighted by Crippen LogP contribution is -2.41. The third kappa shape index (κ3) is 4.42. The van der Waals surface area contributed by atoms with Gasteiger partial charge in [-0.15, -0.1) is 11.3 Å². The van der Waals surface area contributed by atoms with Crippen molar-refractivity contribution in [3.8, 4) is 0 Å². The highest BCUT2D eigenvalue weighted by Crippen LogP contribution is 2.36. The SMILES string of the molecule is Cc1nc(C)c(Cn2c(=O)n(Cc3cnn(C)c3)c(=O)c3cc(S(=O)(=O)NC4(C)CC4)c(F)cc32)s1. The zero-order valence-electron chi connectivity index (χ0n) is 20.2. The van der Waals surface area contributed by atoms with Crippen LogP contribution in [0.4, 0.5) is 4.39 Å². The maximum absolute atomic E-state index is 15.3. The molecular formula is C23H25FN6O4S2. The highest BCUT2D eigenvalue weighted by atomic mass is 32.2. The van der Waals surface area contributed by atoms with Gasteiger partial charge in [0.05, 0.1) is 40.9 Å². The molecule has 3 heterocycles. The van der Waals surface area contributed by atoms with Crippen molar-refractivity contribution in [1.29, 1.82) is 0 Å². The van der Waals surface area contributed by atoms with E-state index in [9.17, 15) is 18.0 Å². The molecule has 1 aromatic carbocycles. The third-order valence-corrected chi connectivity index (χ3v) is 9.06. The Hall–Kier alpha value is -3.16. The summed E-state index contributed by atoms with van der Waals surface area (Å²) in [5.41, 5.74) is -0.607. The number of sulfonamides is 1. The number of nitrogens with zero attached hydrogens (tertiary/aromatic N) is 5. The molecule has 0 bridgehead atoms. The summed E-state index contributed by atoms with van der Waals surface area (Å²) in [7, 11) is -2.51. The molecule has 0 unspecified atom stereocenters. The largest absolute Gasteiger partial charge is 0.332 e. The lowest BCUT2D eigenvalue weighted by molar-refractivity contribution is 0.540. The average molecular weight is 533 g/mol. The summed E-state index contributed by atoms with van der Waals surface area (Å²) in [6.45, 7) is 5.38. The average Bonchev–Trinajstić information content (AvgIpc) is 3.20. The van der Waals surface area contributed by atoms with E-state index >= 15 is 4.39 Å². The van der Waals surface area contributed by atoms with Gasteiger partial charge in [-0.25, -0.2) is 27.3 Å². The van der Waals surface area contributed by atoms with E-state index in [4.69, 9.17) is 0 Å². The molecular weight excluding hydrogens is 507 g/mol. The number of halogens is 1. The summed E-state index contributed by atoms with van der Waals surface area (Å²) in [5, 5.41) is 4.82. The molecule has 0 spiro atoms. The van der Waals surface area contributed by atoms with Crippen molar-refractivity contribution in [1.82, 2.24) is 28.6 Å². The van der Waals surface area contributed by atoms with Crippen molar-refractivity contribution in [3.63, 3.8) is 0 Å². The lowest BCUT2D eigenvalue weighted by Gasteiger charge is -2.16. The van der Waals surface area contributed by atoms with Gasteiger partial charge in [0.25, 0.3) is 5.56 Å². The fraction of sp³-hybridized carbons (Fsp3) is 0.391. The molecule has 0 radical (unpaired) electrons. The Balaban J connectivity index is 1.75. The second-order valence-electron chi connectivity index (χ2n) is 9.49. The molecule has 0 amide bonds. The van der Waals surface area contributed by atoms with E-state index in [0.717, 1.165) is 32.3 Å². The van der Waals surface area contributed by atoms with Crippen LogP contribution in [-0.4, -0.2) is 37.9 Å². The summed E-state index contributed by atoms with van der Waals surface area (Å²) in [4.78, 5) is 31.6. The topological polar surface area (TPSA) is 121 Å². The summed E-state index contributed by atoms with van der Waals surface area (Å²) >= 11 is 1.40. The molecule has 13 heteroatoms. The van der Waals surface area contributed by atoms with Gasteiger partial charge in [0.15, 0.2) is 0 Å². The number of hydrogen-bond acceptors (Lipinski definition) is 7. The van der Waals surface area contributed by atoms with E-state index in [1.165, 1.54) is 22.1 Å². The zero-order valence-corrected chi connectivity index (χ0v) is 21.8. The summed E-state index contributed by atoms with van der Waals surface area (Å²) in [6.07, 6.45) is 4.51. The minimum atomic E-state index is -4.23. The number of benzene rings is 1. The molecule has 4 aromatic rings. The Bertz CT molecular complexity index is 1740. The monoisotopic (exact) mass is 532 g/mol. The molecule has 1 saturated carbocycles. The fourth-order valence-corrected chi connectivity index (χ4v) is 6.66. The maximum atomic E-state index is 15.3. The van der Waals surface area contributed by atoms with Gasteiger partial charge < -0.3 is 0 Å². The highest BCUT2D eigenvalue weighted by Gasteiger charge is 2.42. The summed E-state index contributed by atoms with van der Waals surface area (Å²) in [6, 6.07) is 1.99. The van der Waals surface area contributed by atoms with E-state index in [2.05, 4.69) is 14.8 Å². The molecule has 1 fully saturated rings. The summed E-state index contributed by atoms with van der Waals surface area (Å²) in [5.74, 6) is -1.03. The van der Waals surface area contributed by atoms with Gasteiger partial charge >= 0.3 is 5.69 Å². The van der Waals surface area contributed by atoms with Crippen LogP contribution in [0.2, 0.25) is 0 Å². The maximum Gasteiger partial charge on any atom is 0.332 e.